The van der Waals surface area contributed by atoms with Crippen LogP contribution in [0.25, 0.3) is 0 Å². The number of halogens is 2. The number of anilines is 1. The molecule has 0 amide bonds. The lowest BCUT2D eigenvalue weighted by Gasteiger charge is -2.22. The number of ether oxygens (including phenoxy) is 1. The summed E-state index contributed by atoms with van der Waals surface area (Å²) in [5.74, 6) is 0.600. The summed E-state index contributed by atoms with van der Waals surface area (Å²) in [6.45, 7) is 2.69. The molecule has 1 fully saturated rings. The first kappa shape index (κ1) is 12.1. The predicted molar refractivity (Wildman–Crippen MR) is 69.0 cm³/mol. The van der Waals surface area contributed by atoms with Crippen LogP contribution >= 0.6 is 27.5 Å². The standard InChI is InChI=1S/C11H14BrClN2O/c12-10-4-9(6-15-11(10)13)14-5-8-2-1-3-16-7-8/h4,6,8,14H,1-3,5,7H2. The molecule has 0 spiro atoms. The lowest BCUT2D eigenvalue weighted by atomic mass is 10.0. The number of aromatic nitrogens is 1. The fraction of sp³-hybridized carbons (Fsp3) is 0.545. The van der Waals surface area contributed by atoms with Crippen LogP contribution in [0.5, 0.6) is 0 Å². The molecule has 1 atom stereocenters. The number of hydrogen-bond donors (Lipinski definition) is 1. The average Bonchev–Trinajstić information content (AvgIpc) is 2.32. The predicted octanol–water partition coefficient (Wildman–Crippen LogP) is 3.34. The molecule has 3 nitrogen and oxygen atoms in total. The van der Waals surface area contributed by atoms with Gasteiger partial charge in [0.1, 0.15) is 5.15 Å². The van der Waals surface area contributed by atoms with E-state index in [0.717, 1.165) is 36.3 Å². The highest BCUT2D eigenvalue weighted by Crippen LogP contribution is 2.23. The zero-order valence-corrected chi connectivity index (χ0v) is 11.2. The van der Waals surface area contributed by atoms with Crippen molar-refractivity contribution >= 4 is 33.2 Å². The third kappa shape index (κ3) is 3.34. The van der Waals surface area contributed by atoms with Gasteiger partial charge in [-0.25, -0.2) is 4.98 Å². The normalized spacial score (nSPS) is 20.8. The van der Waals surface area contributed by atoms with Crippen molar-refractivity contribution in [2.75, 3.05) is 25.1 Å². The lowest BCUT2D eigenvalue weighted by Crippen LogP contribution is -2.24. The van der Waals surface area contributed by atoms with Gasteiger partial charge in [-0.15, -0.1) is 0 Å². The van der Waals surface area contributed by atoms with E-state index >= 15 is 0 Å². The molecule has 0 saturated carbocycles. The Morgan fingerprint density at radius 2 is 2.50 bits per heavy atom. The summed E-state index contributed by atoms with van der Waals surface area (Å²) >= 11 is 9.18. The topological polar surface area (TPSA) is 34.2 Å². The second kappa shape index (κ2) is 5.84. The quantitative estimate of drug-likeness (QED) is 0.870. The molecule has 0 aliphatic carbocycles. The van der Waals surface area contributed by atoms with Gasteiger partial charge in [0.2, 0.25) is 0 Å². The Morgan fingerprint density at radius 1 is 1.62 bits per heavy atom. The van der Waals surface area contributed by atoms with Crippen LogP contribution in [-0.4, -0.2) is 24.7 Å². The summed E-state index contributed by atoms with van der Waals surface area (Å²) < 4.78 is 6.25. The molecule has 1 aromatic rings. The summed E-state index contributed by atoms with van der Waals surface area (Å²) in [5, 5.41) is 3.84. The Kier molecular flexibility index (Phi) is 4.44. The molecule has 1 saturated heterocycles. The fourth-order valence-electron chi connectivity index (χ4n) is 1.75. The van der Waals surface area contributed by atoms with E-state index in [9.17, 15) is 0 Å². The number of rotatable bonds is 3. The summed E-state index contributed by atoms with van der Waals surface area (Å²) in [6.07, 6.45) is 4.14. The molecule has 1 N–H and O–H groups in total. The van der Waals surface area contributed by atoms with Gasteiger partial charge in [-0.3, -0.25) is 0 Å². The van der Waals surface area contributed by atoms with Crippen molar-refractivity contribution in [3.63, 3.8) is 0 Å². The van der Waals surface area contributed by atoms with Crippen molar-refractivity contribution < 1.29 is 4.74 Å². The van der Waals surface area contributed by atoms with E-state index in [1.54, 1.807) is 6.20 Å². The molecule has 2 heterocycles. The molecule has 1 unspecified atom stereocenters. The first-order valence-corrected chi connectivity index (χ1v) is 6.55. The molecular weight excluding hydrogens is 291 g/mol. The van der Waals surface area contributed by atoms with E-state index in [2.05, 4.69) is 26.2 Å². The molecule has 0 radical (unpaired) electrons. The molecule has 5 heteroatoms. The Bertz CT molecular complexity index is 356. The smallest absolute Gasteiger partial charge is 0.143 e. The second-order valence-corrected chi connectivity index (χ2v) is 5.17. The van der Waals surface area contributed by atoms with Gasteiger partial charge in [0.05, 0.1) is 23.0 Å². The van der Waals surface area contributed by atoms with E-state index in [0.29, 0.717) is 11.1 Å². The minimum Gasteiger partial charge on any atom is -0.383 e. The van der Waals surface area contributed by atoms with Crippen LogP contribution in [0.4, 0.5) is 5.69 Å². The average molecular weight is 306 g/mol. The maximum atomic E-state index is 5.82. The minimum absolute atomic E-state index is 0.492. The van der Waals surface area contributed by atoms with Crippen molar-refractivity contribution in [2.24, 2.45) is 5.92 Å². The Balaban J connectivity index is 1.86. The molecular formula is C11H14BrClN2O. The van der Waals surface area contributed by atoms with E-state index in [-0.39, 0.29) is 0 Å². The molecule has 0 aromatic carbocycles. The number of pyridine rings is 1. The summed E-state index contributed by atoms with van der Waals surface area (Å²) in [4.78, 5) is 4.07. The Morgan fingerprint density at radius 3 is 3.19 bits per heavy atom. The number of nitrogens with one attached hydrogen (secondary N) is 1. The van der Waals surface area contributed by atoms with Crippen molar-refractivity contribution in [1.29, 1.82) is 0 Å². The first-order valence-electron chi connectivity index (χ1n) is 5.38. The van der Waals surface area contributed by atoms with Gasteiger partial charge in [-0.1, -0.05) is 11.6 Å². The van der Waals surface area contributed by atoms with E-state index in [1.165, 1.54) is 6.42 Å². The fourth-order valence-corrected chi connectivity index (χ4v) is 2.20. The molecule has 0 bridgehead atoms. The Hall–Kier alpha value is -0.320. The lowest BCUT2D eigenvalue weighted by molar-refractivity contribution is 0.0595. The van der Waals surface area contributed by atoms with E-state index in [1.807, 2.05) is 6.07 Å². The van der Waals surface area contributed by atoms with Crippen LogP contribution in [0, 0.1) is 5.92 Å². The van der Waals surface area contributed by atoms with Crippen LogP contribution in [-0.2, 0) is 4.74 Å². The van der Waals surface area contributed by atoms with Crippen molar-refractivity contribution in [2.45, 2.75) is 12.8 Å². The summed E-state index contributed by atoms with van der Waals surface area (Å²) in [7, 11) is 0. The van der Waals surface area contributed by atoms with Crippen molar-refractivity contribution in [1.82, 2.24) is 4.98 Å². The van der Waals surface area contributed by atoms with Gasteiger partial charge in [0, 0.05) is 13.2 Å². The zero-order chi connectivity index (χ0) is 11.4. The third-order valence-electron chi connectivity index (χ3n) is 2.65. The highest BCUT2D eigenvalue weighted by atomic mass is 79.9. The summed E-state index contributed by atoms with van der Waals surface area (Å²) in [5.41, 5.74) is 0.988. The van der Waals surface area contributed by atoms with Gasteiger partial charge in [-0.2, -0.15) is 0 Å². The number of nitrogens with zero attached hydrogens (tertiary/aromatic N) is 1. The molecule has 1 aliphatic heterocycles. The van der Waals surface area contributed by atoms with Crippen LogP contribution < -0.4 is 5.32 Å². The van der Waals surface area contributed by atoms with Gasteiger partial charge in [-0.05, 0) is 40.8 Å². The minimum atomic E-state index is 0.492. The van der Waals surface area contributed by atoms with Crippen LogP contribution in [0.3, 0.4) is 0 Å². The monoisotopic (exact) mass is 304 g/mol. The first-order chi connectivity index (χ1) is 7.75. The third-order valence-corrected chi connectivity index (χ3v) is 3.78. The van der Waals surface area contributed by atoms with Crippen molar-refractivity contribution in [3.8, 4) is 0 Å². The highest BCUT2D eigenvalue weighted by molar-refractivity contribution is 9.10. The van der Waals surface area contributed by atoms with Gasteiger partial charge in [0.15, 0.2) is 0 Å². The molecule has 88 valence electrons. The molecule has 1 aliphatic rings. The highest BCUT2D eigenvalue weighted by Gasteiger charge is 2.13. The van der Waals surface area contributed by atoms with Crippen LogP contribution in [0.2, 0.25) is 5.15 Å². The second-order valence-electron chi connectivity index (χ2n) is 3.96. The largest absolute Gasteiger partial charge is 0.383 e. The van der Waals surface area contributed by atoms with Gasteiger partial charge in [0.25, 0.3) is 0 Å². The zero-order valence-electron chi connectivity index (χ0n) is 8.88. The maximum absolute atomic E-state index is 5.82. The summed E-state index contributed by atoms with van der Waals surface area (Å²) in [6, 6.07) is 1.94. The Labute approximate surface area is 109 Å². The van der Waals surface area contributed by atoms with Crippen LogP contribution in [0.1, 0.15) is 12.8 Å². The molecule has 16 heavy (non-hydrogen) atoms. The SMILES string of the molecule is Clc1ncc(NCC2CCCOC2)cc1Br. The van der Waals surface area contributed by atoms with Crippen LogP contribution in [0.15, 0.2) is 16.7 Å². The number of hydrogen-bond acceptors (Lipinski definition) is 3. The van der Waals surface area contributed by atoms with Crippen molar-refractivity contribution in [3.05, 3.63) is 21.9 Å². The van der Waals surface area contributed by atoms with E-state index in [4.69, 9.17) is 16.3 Å². The van der Waals surface area contributed by atoms with Gasteiger partial charge < -0.3 is 10.1 Å². The maximum Gasteiger partial charge on any atom is 0.143 e. The molecule has 2 rings (SSSR count). The molecule has 1 aromatic heterocycles. The van der Waals surface area contributed by atoms with Gasteiger partial charge >= 0.3 is 0 Å². The van der Waals surface area contributed by atoms with E-state index < -0.39 is 0 Å².